The van der Waals surface area contributed by atoms with Crippen LogP contribution < -0.4 is 10.5 Å². The maximum Gasteiger partial charge on any atom is 0.222 e. The van der Waals surface area contributed by atoms with Crippen LogP contribution in [0.3, 0.4) is 0 Å². The quantitative estimate of drug-likeness (QED) is 0.711. The van der Waals surface area contributed by atoms with Crippen LogP contribution in [0.4, 0.5) is 5.95 Å². The van der Waals surface area contributed by atoms with E-state index in [1.165, 1.54) is 0 Å². The maximum absolute atomic E-state index is 5.68. The van der Waals surface area contributed by atoms with Crippen LogP contribution in [0.5, 0.6) is 5.75 Å². The van der Waals surface area contributed by atoms with Crippen molar-refractivity contribution in [1.29, 1.82) is 0 Å². The third kappa shape index (κ3) is 1.64. The van der Waals surface area contributed by atoms with E-state index in [0.717, 1.165) is 22.5 Å². The molecule has 1 aromatic carbocycles. The molecule has 0 aliphatic carbocycles. The number of imidazole rings is 1. The van der Waals surface area contributed by atoms with E-state index in [1.54, 1.807) is 13.4 Å². The first-order valence-corrected chi connectivity index (χ1v) is 5.39. The van der Waals surface area contributed by atoms with Gasteiger partial charge in [-0.3, -0.25) is 0 Å². The molecule has 0 saturated carbocycles. The third-order valence-electron chi connectivity index (χ3n) is 2.67. The van der Waals surface area contributed by atoms with E-state index >= 15 is 0 Å². The van der Waals surface area contributed by atoms with Gasteiger partial charge in [-0.1, -0.05) is 0 Å². The largest absolute Gasteiger partial charge is 0.497 e. The summed E-state index contributed by atoms with van der Waals surface area (Å²) in [6.07, 6.45) is 1.58. The lowest BCUT2D eigenvalue weighted by atomic mass is 10.1. The summed E-state index contributed by atoms with van der Waals surface area (Å²) in [6.45, 7) is 0. The number of nitrogens with two attached hydrogens (primary N) is 1. The number of nitrogen functional groups attached to an aromatic ring is 1. The molecule has 3 aromatic rings. The molecule has 0 unspecified atom stereocenters. The van der Waals surface area contributed by atoms with E-state index in [4.69, 9.17) is 10.5 Å². The highest BCUT2D eigenvalue weighted by Crippen LogP contribution is 2.26. The minimum atomic E-state index is 0.209. The van der Waals surface area contributed by atoms with Gasteiger partial charge in [-0.25, -0.2) is 9.97 Å². The Labute approximate surface area is 103 Å². The SMILES string of the molecule is COc1ccc(-c2nc(N)nc3nc[nH]c23)cc1. The molecule has 0 fully saturated rings. The van der Waals surface area contributed by atoms with Gasteiger partial charge < -0.3 is 15.5 Å². The van der Waals surface area contributed by atoms with E-state index in [2.05, 4.69) is 19.9 Å². The number of methoxy groups -OCH3 is 1. The number of nitrogens with one attached hydrogen (secondary N) is 1. The first kappa shape index (κ1) is 10.5. The molecule has 0 radical (unpaired) electrons. The zero-order valence-electron chi connectivity index (χ0n) is 9.71. The summed E-state index contributed by atoms with van der Waals surface area (Å²) in [7, 11) is 1.63. The zero-order valence-corrected chi connectivity index (χ0v) is 9.71. The molecular weight excluding hydrogens is 230 g/mol. The van der Waals surface area contributed by atoms with Gasteiger partial charge in [0.15, 0.2) is 5.65 Å². The van der Waals surface area contributed by atoms with E-state index < -0.39 is 0 Å². The van der Waals surface area contributed by atoms with Crippen molar-refractivity contribution >= 4 is 17.1 Å². The third-order valence-corrected chi connectivity index (χ3v) is 2.67. The Bertz CT molecular complexity index is 689. The van der Waals surface area contributed by atoms with E-state index in [1.807, 2.05) is 24.3 Å². The van der Waals surface area contributed by atoms with Crippen LogP contribution in [0.15, 0.2) is 30.6 Å². The number of nitrogens with zero attached hydrogens (tertiary/aromatic N) is 3. The van der Waals surface area contributed by atoms with Gasteiger partial charge in [-0.15, -0.1) is 0 Å². The highest BCUT2D eigenvalue weighted by atomic mass is 16.5. The van der Waals surface area contributed by atoms with E-state index in [0.29, 0.717) is 5.65 Å². The van der Waals surface area contributed by atoms with Crippen LogP contribution in [0, 0.1) is 0 Å². The molecule has 0 amide bonds. The zero-order chi connectivity index (χ0) is 12.5. The van der Waals surface area contributed by atoms with Crippen LogP contribution >= 0.6 is 0 Å². The number of H-pyrrole nitrogens is 1. The van der Waals surface area contributed by atoms with Gasteiger partial charge in [0.05, 0.1) is 13.4 Å². The predicted molar refractivity (Wildman–Crippen MR) is 68.1 cm³/mol. The number of benzene rings is 1. The molecule has 3 rings (SSSR count). The first-order valence-electron chi connectivity index (χ1n) is 5.39. The van der Waals surface area contributed by atoms with Crippen molar-refractivity contribution in [2.45, 2.75) is 0 Å². The van der Waals surface area contributed by atoms with Crippen molar-refractivity contribution in [3.8, 4) is 17.0 Å². The van der Waals surface area contributed by atoms with Gasteiger partial charge in [-0.05, 0) is 24.3 Å². The molecule has 0 bridgehead atoms. The molecule has 0 aliphatic heterocycles. The Hall–Kier alpha value is -2.63. The molecule has 0 saturated heterocycles. The lowest BCUT2D eigenvalue weighted by Crippen LogP contribution is -1.97. The van der Waals surface area contributed by atoms with Crippen molar-refractivity contribution in [3.05, 3.63) is 30.6 Å². The number of aromatic amines is 1. The van der Waals surface area contributed by atoms with Crippen LogP contribution in [0.1, 0.15) is 0 Å². The number of rotatable bonds is 2. The molecule has 2 heterocycles. The molecule has 0 aliphatic rings. The second-order valence-corrected chi connectivity index (χ2v) is 3.76. The van der Waals surface area contributed by atoms with Crippen molar-refractivity contribution in [2.75, 3.05) is 12.8 Å². The summed E-state index contributed by atoms with van der Waals surface area (Å²) >= 11 is 0. The second-order valence-electron chi connectivity index (χ2n) is 3.76. The van der Waals surface area contributed by atoms with Gasteiger partial charge in [-0.2, -0.15) is 4.98 Å². The van der Waals surface area contributed by atoms with Crippen LogP contribution in [0.2, 0.25) is 0 Å². The minimum Gasteiger partial charge on any atom is -0.497 e. The van der Waals surface area contributed by atoms with Crippen LogP contribution in [0.25, 0.3) is 22.4 Å². The van der Waals surface area contributed by atoms with Crippen molar-refractivity contribution in [3.63, 3.8) is 0 Å². The van der Waals surface area contributed by atoms with Crippen LogP contribution in [-0.4, -0.2) is 27.0 Å². The lowest BCUT2D eigenvalue weighted by Gasteiger charge is -2.04. The molecule has 2 aromatic heterocycles. The van der Waals surface area contributed by atoms with Crippen molar-refractivity contribution in [2.24, 2.45) is 0 Å². The number of anilines is 1. The molecule has 18 heavy (non-hydrogen) atoms. The van der Waals surface area contributed by atoms with Gasteiger partial charge in [0, 0.05) is 5.56 Å². The summed E-state index contributed by atoms with van der Waals surface area (Å²) in [4.78, 5) is 15.4. The number of ether oxygens (including phenoxy) is 1. The maximum atomic E-state index is 5.68. The summed E-state index contributed by atoms with van der Waals surface area (Å²) < 4.78 is 5.12. The molecule has 6 heteroatoms. The minimum absolute atomic E-state index is 0.209. The predicted octanol–water partition coefficient (Wildman–Crippen LogP) is 1.61. The molecule has 3 N–H and O–H groups in total. The average molecular weight is 241 g/mol. The first-order chi connectivity index (χ1) is 8.78. The van der Waals surface area contributed by atoms with Gasteiger partial charge in [0.25, 0.3) is 0 Å². The Morgan fingerprint density at radius 3 is 2.67 bits per heavy atom. The second kappa shape index (κ2) is 3.99. The summed E-state index contributed by atoms with van der Waals surface area (Å²) in [5.41, 5.74) is 8.68. The topological polar surface area (TPSA) is 89.7 Å². The number of hydrogen-bond donors (Lipinski definition) is 2. The highest BCUT2D eigenvalue weighted by Gasteiger charge is 2.10. The standard InChI is InChI=1S/C12H11N5O/c1-18-8-4-2-7(3-5-8)9-10-11(15-6-14-10)17-12(13)16-9/h2-6H,1H3,(H3,13,14,15,16,17). The molecule has 0 spiro atoms. The molecule has 6 nitrogen and oxygen atoms in total. The highest BCUT2D eigenvalue weighted by molar-refractivity contribution is 5.87. The van der Waals surface area contributed by atoms with Crippen molar-refractivity contribution in [1.82, 2.24) is 19.9 Å². The Kier molecular flexibility index (Phi) is 2.33. The smallest absolute Gasteiger partial charge is 0.222 e. The number of fused-ring (bicyclic) bond motifs is 1. The Morgan fingerprint density at radius 1 is 1.17 bits per heavy atom. The monoisotopic (exact) mass is 241 g/mol. The fraction of sp³-hybridized carbons (Fsp3) is 0.0833. The Balaban J connectivity index is 2.20. The summed E-state index contributed by atoms with van der Waals surface area (Å²) in [6, 6.07) is 7.58. The van der Waals surface area contributed by atoms with Crippen molar-refractivity contribution < 1.29 is 4.74 Å². The summed E-state index contributed by atoms with van der Waals surface area (Å²) in [5.74, 6) is 1.00. The average Bonchev–Trinajstić information content (AvgIpc) is 2.86. The molecule has 0 atom stereocenters. The number of hydrogen-bond acceptors (Lipinski definition) is 5. The van der Waals surface area contributed by atoms with E-state index in [-0.39, 0.29) is 5.95 Å². The number of aromatic nitrogens is 4. The summed E-state index contributed by atoms with van der Waals surface area (Å²) in [5, 5.41) is 0. The van der Waals surface area contributed by atoms with E-state index in [9.17, 15) is 0 Å². The molecule has 90 valence electrons. The Morgan fingerprint density at radius 2 is 1.94 bits per heavy atom. The molecular formula is C12H11N5O. The fourth-order valence-electron chi connectivity index (χ4n) is 1.81. The van der Waals surface area contributed by atoms with Gasteiger partial charge >= 0.3 is 0 Å². The van der Waals surface area contributed by atoms with Gasteiger partial charge in [0.2, 0.25) is 5.95 Å². The normalized spacial score (nSPS) is 10.7. The van der Waals surface area contributed by atoms with Gasteiger partial charge in [0.1, 0.15) is 17.0 Å². The fourth-order valence-corrected chi connectivity index (χ4v) is 1.81. The van der Waals surface area contributed by atoms with Crippen LogP contribution in [-0.2, 0) is 0 Å². The lowest BCUT2D eigenvalue weighted by molar-refractivity contribution is 0.415.